The van der Waals surface area contributed by atoms with E-state index in [1.165, 1.54) is 0 Å². The largest absolute Gasteiger partial charge is 0.383 e. The number of hydrogen-bond acceptors (Lipinski definition) is 3. The number of aryl methyl sites for hydroxylation is 1. The van der Waals surface area contributed by atoms with E-state index in [-0.39, 0.29) is 10.7 Å². The van der Waals surface area contributed by atoms with Gasteiger partial charge in [0.25, 0.3) is 0 Å². The average molecular weight is 223 g/mol. The molecule has 0 aromatic carbocycles. The van der Waals surface area contributed by atoms with Gasteiger partial charge in [-0.1, -0.05) is 25.1 Å². The second kappa shape index (κ2) is 4.92. The summed E-state index contributed by atoms with van der Waals surface area (Å²) in [7, 11) is 0. The number of pyridine rings is 1. The van der Waals surface area contributed by atoms with Gasteiger partial charge in [-0.05, 0) is 18.1 Å². The molecular formula is C11H11ClN2O. The van der Waals surface area contributed by atoms with Crippen molar-refractivity contribution in [1.82, 2.24) is 4.98 Å². The molecule has 1 aromatic rings. The Morgan fingerprint density at radius 3 is 3.00 bits per heavy atom. The first-order valence-electron chi connectivity index (χ1n) is 4.51. The quantitative estimate of drug-likeness (QED) is 0.631. The third-order valence-corrected chi connectivity index (χ3v) is 2.42. The van der Waals surface area contributed by atoms with Crippen molar-refractivity contribution in [2.75, 3.05) is 0 Å². The Labute approximate surface area is 93.6 Å². The highest BCUT2D eigenvalue weighted by atomic mass is 35.5. The number of rotatable bonds is 3. The first kappa shape index (κ1) is 11.7. The maximum Gasteiger partial charge on any atom is 0.135 e. The molecule has 0 bridgehead atoms. The van der Waals surface area contributed by atoms with Gasteiger partial charge in [-0.25, -0.2) is 4.98 Å². The van der Waals surface area contributed by atoms with Crippen LogP contribution in [0.1, 0.15) is 24.2 Å². The minimum absolute atomic E-state index is 0.0620. The van der Waals surface area contributed by atoms with Gasteiger partial charge in [0.1, 0.15) is 11.3 Å². The highest BCUT2D eigenvalue weighted by Gasteiger charge is 2.16. The Balaban J connectivity index is 3.13. The molecule has 1 aromatic heterocycles. The van der Waals surface area contributed by atoms with Crippen molar-refractivity contribution in [2.45, 2.75) is 19.4 Å². The Morgan fingerprint density at radius 2 is 2.47 bits per heavy atom. The van der Waals surface area contributed by atoms with Crippen LogP contribution in [0.3, 0.4) is 0 Å². The van der Waals surface area contributed by atoms with Gasteiger partial charge in [0, 0.05) is 11.8 Å². The standard InChI is InChI=1S/C11H11ClN2O/c1-3-8-4-9(11(12)14-6-8)10(15)7(2)5-13/h4,6,10,15H,2-3H2,1H3. The van der Waals surface area contributed by atoms with Crippen LogP contribution in [-0.4, -0.2) is 10.1 Å². The lowest BCUT2D eigenvalue weighted by Gasteiger charge is -2.11. The van der Waals surface area contributed by atoms with E-state index in [2.05, 4.69) is 11.6 Å². The van der Waals surface area contributed by atoms with Crippen molar-refractivity contribution in [1.29, 1.82) is 5.26 Å². The monoisotopic (exact) mass is 222 g/mol. The second-order valence-electron chi connectivity index (χ2n) is 3.12. The van der Waals surface area contributed by atoms with E-state index >= 15 is 0 Å². The number of aromatic nitrogens is 1. The highest BCUT2D eigenvalue weighted by molar-refractivity contribution is 6.30. The Morgan fingerprint density at radius 1 is 1.80 bits per heavy atom. The molecule has 78 valence electrons. The molecule has 3 nitrogen and oxygen atoms in total. The van der Waals surface area contributed by atoms with E-state index < -0.39 is 6.10 Å². The van der Waals surface area contributed by atoms with Gasteiger partial charge in [0.15, 0.2) is 0 Å². The molecule has 4 heteroatoms. The molecule has 0 saturated heterocycles. The fourth-order valence-electron chi connectivity index (χ4n) is 1.14. The third kappa shape index (κ3) is 2.56. The molecule has 0 aliphatic carbocycles. The number of nitrogens with zero attached hydrogens (tertiary/aromatic N) is 2. The summed E-state index contributed by atoms with van der Waals surface area (Å²) in [6.45, 7) is 5.42. The lowest BCUT2D eigenvalue weighted by molar-refractivity contribution is 0.220. The number of aliphatic hydroxyl groups excluding tert-OH is 1. The normalized spacial score (nSPS) is 11.9. The molecule has 0 spiro atoms. The molecule has 0 fully saturated rings. The fourth-order valence-corrected chi connectivity index (χ4v) is 1.35. The van der Waals surface area contributed by atoms with Crippen molar-refractivity contribution in [3.63, 3.8) is 0 Å². The van der Waals surface area contributed by atoms with E-state index in [1.807, 2.05) is 6.92 Å². The van der Waals surface area contributed by atoms with Gasteiger partial charge in [-0.2, -0.15) is 5.26 Å². The zero-order valence-corrected chi connectivity index (χ0v) is 9.12. The Bertz CT molecular complexity index is 423. The summed E-state index contributed by atoms with van der Waals surface area (Å²) >= 11 is 5.83. The molecule has 0 saturated carbocycles. The lowest BCUT2D eigenvalue weighted by atomic mass is 10.0. The summed E-state index contributed by atoms with van der Waals surface area (Å²) in [4.78, 5) is 3.94. The van der Waals surface area contributed by atoms with Gasteiger partial charge < -0.3 is 5.11 Å². The number of hydrogen-bond donors (Lipinski definition) is 1. The number of nitriles is 1. The molecule has 1 atom stereocenters. The second-order valence-corrected chi connectivity index (χ2v) is 3.47. The maximum absolute atomic E-state index is 9.74. The first-order chi connectivity index (χ1) is 7.10. The predicted molar refractivity (Wildman–Crippen MR) is 58.3 cm³/mol. The smallest absolute Gasteiger partial charge is 0.135 e. The van der Waals surface area contributed by atoms with Crippen LogP contribution >= 0.6 is 11.6 Å². The molecule has 1 rings (SSSR count). The summed E-state index contributed by atoms with van der Waals surface area (Å²) in [6.07, 6.45) is 1.37. The number of aliphatic hydroxyl groups is 1. The van der Waals surface area contributed by atoms with Crippen LogP contribution in [0.5, 0.6) is 0 Å². The van der Waals surface area contributed by atoms with Crippen LogP contribution < -0.4 is 0 Å². The first-order valence-corrected chi connectivity index (χ1v) is 4.89. The minimum Gasteiger partial charge on any atom is -0.383 e. The van der Waals surface area contributed by atoms with Crippen LogP contribution in [0.25, 0.3) is 0 Å². The minimum atomic E-state index is -1.07. The molecule has 0 aliphatic heterocycles. The maximum atomic E-state index is 9.74. The fraction of sp³-hybridized carbons (Fsp3) is 0.273. The molecule has 1 unspecified atom stereocenters. The molecule has 1 N–H and O–H groups in total. The summed E-state index contributed by atoms with van der Waals surface area (Å²) in [5.41, 5.74) is 1.45. The van der Waals surface area contributed by atoms with Crippen molar-refractivity contribution in [3.8, 4) is 6.07 Å². The van der Waals surface area contributed by atoms with E-state index in [0.717, 1.165) is 12.0 Å². The van der Waals surface area contributed by atoms with Gasteiger partial charge >= 0.3 is 0 Å². The Hall–Kier alpha value is -1.37. The lowest BCUT2D eigenvalue weighted by Crippen LogP contribution is -2.02. The van der Waals surface area contributed by atoms with Crippen LogP contribution in [0.15, 0.2) is 24.4 Å². The van der Waals surface area contributed by atoms with Crippen LogP contribution in [0, 0.1) is 11.3 Å². The van der Waals surface area contributed by atoms with Crippen LogP contribution in [-0.2, 0) is 6.42 Å². The number of halogens is 1. The molecule has 0 aliphatic rings. The summed E-state index contributed by atoms with van der Waals surface area (Å²) in [6, 6.07) is 3.54. The van der Waals surface area contributed by atoms with Gasteiger partial charge in [-0.3, -0.25) is 0 Å². The van der Waals surface area contributed by atoms with E-state index in [4.69, 9.17) is 16.9 Å². The van der Waals surface area contributed by atoms with Crippen molar-refractivity contribution < 1.29 is 5.11 Å². The SMILES string of the molecule is C=C(C#N)C(O)c1cc(CC)cnc1Cl. The van der Waals surface area contributed by atoms with Gasteiger partial charge in [-0.15, -0.1) is 0 Å². The average Bonchev–Trinajstić information content (AvgIpc) is 2.27. The third-order valence-electron chi connectivity index (χ3n) is 2.10. The van der Waals surface area contributed by atoms with E-state index in [1.54, 1.807) is 18.3 Å². The van der Waals surface area contributed by atoms with Crippen molar-refractivity contribution in [3.05, 3.63) is 40.7 Å². The summed E-state index contributed by atoms with van der Waals surface area (Å²) < 4.78 is 0. The predicted octanol–water partition coefficient (Wildman–Crippen LogP) is 2.41. The molecular weight excluding hydrogens is 212 g/mol. The van der Waals surface area contributed by atoms with Crippen molar-refractivity contribution in [2.24, 2.45) is 0 Å². The highest BCUT2D eigenvalue weighted by Crippen LogP contribution is 2.26. The van der Waals surface area contributed by atoms with Crippen LogP contribution in [0.4, 0.5) is 0 Å². The summed E-state index contributed by atoms with van der Waals surface area (Å²) in [5, 5.41) is 18.6. The molecule has 0 radical (unpaired) electrons. The van der Waals surface area contributed by atoms with Crippen LogP contribution in [0.2, 0.25) is 5.15 Å². The molecule has 1 heterocycles. The molecule has 0 amide bonds. The Kier molecular flexibility index (Phi) is 3.84. The van der Waals surface area contributed by atoms with Gasteiger partial charge in [0.2, 0.25) is 0 Å². The van der Waals surface area contributed by atoms with Crippen molar-refractivity contribution >= 4 is 11.6 Å². The zero-order chi connectivity index (χ0) is 11.4. The molecule has 15 heavy (non-hydrogen) atoms. The zero-order valence-electron chi connectivity index (χ0n) is 8.37. The van der Waals surface area contributed by atoms with E-state index in [9.17, 15) is 5.11 Å². The summed E-state index contributed by atoms with van der Waals surface area (Å²) in [5.74, 6) is 0. The van der Waals surface area contributed by atoms with Gasteiger partial charge in [0.05, 0.1) is 11.6 Å². The van der Waals surface area contributed by atoms with E-state index in [0.29, 0.717) is 5.56 Å². The topological polar surface area (TPSA) is 56.9 Å².